The number of ether oxygens (including phenoxy) is 1. The van der Waals surface area contributed by atoms with E-state index in [-0.39, 0.29) is 43.5 Å². The summed E-state index contributed by atoms with van der Waals surface area (Å²) in [6.45, 7) is 10.1. The van der Waals surface area contributed by atoms with Gasteiger partial charge in [0.25, 0.3) is 5.69 Å². The van der Waals surface area contributed by atoms with E-state index in [0.717, 1.165) is 12.8 Å². The van der Waals surface area contributed by atoms with E-state index in [4.69, 9.17) is 10.5 Å². The number of aliphatic hydroxyl groups excluding tert-OH is 1. The largest absolute Gasteiger partial charge is 0.466 e. The van der Waals surface area contributed by atoms with E-state index in [9.17, 15) is 29.6 Å². The summed E-state index contributed by atoms with van der Waals surface area (Å²) in [6.07, 6.45) is 1.79. The Morgan fingerprint density at radius 1 is 1.31 bits per heavy atom. The summed E-state index contributed by atoms with van der Waals surface area (Å²) in [6, 6.07) is 3.64. The molecule has 0 aromatic heterocycles. The summed E-state index contributed by atoms with van der Waals surface area (Å²) in [5.41, 5.74) is 6.61. The molecule has 0 fully saturated rings. The van der Waals surface area contributed by atoms with Crippen LogP contribution >= 0.6 is 0 Å². The van der Waals surface area contributed by atoms with Gasteiger partial charge in [0, 0.05) is 43.6 Å². The van der Waals surface area contributed by atoms with Gasteiger partial charge in [0.05, 0.1) is 29.2 Å². The third-order valence-electron chi connectivity index (χ3n) is 7.15. The van der Waals surface area contributed by atoms with Gasteiger partial charge < -0.3 is 25.8 Å². The predicted octanol–water partition coefficient (Wildman–Crippen LogP) is 3.10. The minimum absolute atomic E-state index is 0.0398. The molecule has 0 bridgehead atoms. The summed E-state index contributed by atoms with van der Waals surface area (Å²) >= 11 is 0. The fraction of sp³-hybridized carbons (Fsp3) is 0.679. The van der Waals surface area contributed by atoms with Crippen molar-refractivity contribution in [3.63, 3.8) is 0 Å². The molecular formula is C28H44N4O7. The topological polar surface area (TPSA) is 165 Å². The van der Waals surface area contributed by atoms with Crippen LogP contribution in [0.5, 0.6) is 0 Å². The maximum atomic E-state index is 13.6. The molecule has 1 aromatic rings. The van der Waals surface area contributed by atoms with Crippen LogP contribution in [0.3, 0.4) is 0 Å². The van der Waals surface area contributed by atoms with Gasteiger partial charge in [0.1, 0.15) is 0 Å². The molecule has 2 amide bonds. The van der Waals surface area contributed by atoms with Crippen molar-refractivity contribution in [3.8, 4) is 0 Å². The van der Waals surface area contributed by atoms with Crippen molar-refractivity contribution < 1.29 is 29.2 Å². The number of rotatable bonds is 14. The highest BCUT2D eigenvalue weighted by Gasteiger charge is 2.37. The molecule has 1 aliphatic heterocycles. The molecule has 1 aliphatic rings. The number of hydrogen-bond acceptors (Lipinski definition) is 8. The summed E-state index contributed by atoms with van der Waals surface area (Å²) < 4.78 is 5.18. The smallest absolute Gasteiger partial charge is 0.311 e. The van der Waals surface area contributed by atoms with Crippen molar-refractivity contribution in [2.75, 3.05) is 24.6 Å². The lowest BCUT2D eigenvalue weighted by molar-refractivity contribution is -0.384. The van der Waals surface area contributed by atoms with E-state index < -0.39 is 40.3 Å². The number of nitrogens with zero attached hydrogens (tertiary/aromatic N) is 2. The molecule has 0 radical (unpaired) electrons. The van der Waals surface area contributed by atoms with Crippen LogP contribution in [0.1, 0.15) is 72.3 Å². The molecule has 11 heteroatoms. The number of nitrogens with one attached hydrogen (secondary N) is 1. The number of nitrogens with two attached hydrogens (primary N) is 1. The Morgan fingerprint density at radius 3 is 2.62 bits per heavy atom. The van der Waals surface area contributed by atoms with Gasteiger partial charge in [-0.2, -0.15) is 0 Å². The molecule has 11 nitrogen and oxygen atoms in total. The molecule has 39 heavy (non-hydrogen) atoms. The van der Waals surface area contributed by atoms with Gasteiger partial charge in [-0.1, -0.05) is 40.2 Å². The summed E-state index contributed by atoms with van der Waals surface area (Å²) in [7, 11) is 0. The molecule has 1 unspecified atom stereocenters. The van der Waals surface area contributed by atoms with E-state index >= 15 is 0 Å². The zero-order valence-corrected chi connectivity index (χ0v) is 23.8. The molecule has 4 atom stereocenters. The number of carbonyl (C=O) groups is 3. The Labute approximate surface area is 230 Å². The first-order valence-corrected chi connectivity index (χ1v) is 13.7. The standard InChI is InChI=1S/C28H44N4O7/c1-6-8-11-30-26(35)18(3)12-24(33)22(29)15-28(4,5)16-25(34)31-17-20(27(36)39-7-2)13-19-9-10-21(32(37)38)14-23(19)31/h9-10,14,18,20,22,24,33H,6-8,11-13,15-17,29H2,1-5H3,(H,30,35)/t18-,20?,22+,24+/m1/s1. The lowest BCUT2D eigenvalue weighted by Crippen LogP contribution is -2.46. The highest BCUT2D eigenvalue weighted by molar-refractivity contribution is 5.96. The number of amides is 2. The molecule has 218 valence electrons. The monoisotopic (exact) mass is 548 g/mol. The van der Waals surface area contributed by atoms with Crippen molar-refractivity contribution in [2.24, 2.45) is 23.0 Å². The van der Waals surface area contributed by atoms with Crippen LogP contribution < -0.4 is 16.0 Å². The number of fused-ring (bicyclic) bond motifs is 1. The van der Waals surface area contributed by atoms with Gasteiger partial charge in [-0.15, -0.1) is 0 Å². The van der Waals surface area contributed by atoms with Gasteiger partial charge in [-0.25, -0.2) is 0 Å². The highest BCUT2D eigenvalue weighted by Crippen LogP contribution is 2.36. The molecule has 1 aromatic carbocycles. The zero-order valence-electron chi connectivity index (χ0n) is 23.8. The maximum absolute atomic E-state index is 13.6. The number of hydrogen-bond donors (Lipinski definition) is 3. The minimum Gasteiger partial charge on any atom is -0.466 e. The fourth-order valence-electron chi connectivity index (χ4n) is 4.95. The van der Waals surface area contributed by atoms with Crippen LogP contribution in [0.25, 0.3) is 0 Å². The molecule has 0 spiro atoms. The van der Waals surface area contributed by atoms with E-state index in [2.05, 4.69) is 5.32 Å². The molecule has 4 N–H and O–H groups in total. The number of unbranched alkanes of at least 4 members (excludes halogenated alkanes) is 1. The number of non-ortho nitro benzene ring substituents is 1. The quantitative estimate of drug-likeness (QED) is 0.138. The van der Waals surface area contributed by atoms with Gasteiger partial charge >= 0.3 is 5.97 Å². The van der Waals surface area contributed by atoms with Crippen LogP contribution in [0.4, 0.5) is 11.4 Å². The first-order valence-electron chi connectivity index (χ1n) is 13.7. The minimum atomic E-state index is -0.933. The second-order valence-corrected chi connectivity index (χ2v) is 11.3. The first kappa shape index (κ1) is 32.2. The van der Waals surface area contributed by atoms with Crippen LogP contribution in [0, 0.1) is 27.4 Å². The SMILES string of the molecule is CCCCNC(=O)[C@H](C)C[C@H](O)[C@@H](N)CC(C)(C)CC(=O)N1CC(C(=O)OCC)Cc2ccc([N+](=O)[O-])cc21. The van der Waals surface area contributed by atoms with Gasteiger partial charge in [0.15, 0.2) is 0 Å². The van der Waals surface area contributed by atoms with Crippen molar-refractivity contribution in [2.45, 2.75) is 85.3 Å². The Balaban J connectivity index is 2.12. The lowest BCUT2D eigenvalue weighted by atomic mass is 9.79. The van der Waals surface area contributed by atoms with Gasteiger partial charge in [-0.3, -0.25) is 24.5 Å². The Morgan fingerprint density at radius 2 is 2.00 bits per heavy atom. The number of anilines is 1. The first-order chi connectivity index (χ1) is 18.3. The van der Waals surface area contributed by atoms with Crippen LogP contribution in [0.2, 0.25) is 0 Å². The third kappa shape index (κ3) is 9.28. The highest BCUT2D eigenvalue weighted by atomic mass is 16.6. The lowest BCUT2D eigenvalue weighted by Gasteiger charge is -2.36. The van der Waals surface area contributed by atoms with E-state index in [1.807, 2.05) is 20.8 Å². The average molecular weight is 549 g/mol. The van der Waals surface area contributed by atoms with Gasteiger partial charge in [-0.05, 0) is 43.6 Å². The van der Waals surface area contributed by atoms with Crippen LogP contribution in [0.15, 0.2) is 18.2 Å². The summed E-state index contributed by atoms with van der Waals surface area (Å²) in [5.74, 6) is -1.84. The van der Waals surface area contributed by atoms with E-state index in [1.54, 1.807) is 19.9 Å². The normalized spacial score (nSPS) is 17.5. The van der Waals surface area contributed by atoms with Crippen molar-refractivity contribution in [1.29, 1.82) is 0 Å². The third-order valence-corrected chi connectivity index (χ3v) is 7.15. The summed E-state index contributed by atoms with van der Waals surface area (Å²) in [5, 5.41) is 24.9. The number of nitro benzene ring substituents is 1. The van der Waals surface area contributed by atoms with Crippen LogP contribution in [-0.4, -0.2) is 59.7 Å². The van der Waals surface area contributed by atoms with E-state index in [0.29, 0.717) is 30.6 Å². The van der Waals surface area contributed by atoms with Gasteiger partial charge in [0.2, 0.25) is 11.8 Å². The fourth-order valence-corrected chi connectivity index (χ4v) is 4.95. The second-order valence-electron chi connectivity index (χ2n) is 11.3. The number of esters is 1. The predicted molar refractivity (Wildman–Crippen MR) is 148 cm³/mol. The summed E-state index contributed by atoms with van der Waals surface area (Å²) in [4.78, 5) is 50.7. The second kappa shape index (κ2) is 14.4. The molecular weight excluding hydrogens is 504 g/mol. The number of nitro groups is 1. The zero-order chi connectivity index (χ0) is 29.3. The number of benzene rings is 1. The van der Waals surface area contributed by atoms with Crippen molar-refractivity contribution >= 4 is 29.2 Å². The Hall–Kier alpha value is -3.05. The molecule has 2 rings (SSSR count). The average Bonchev–Trinajstić information content (AvgIpc) is 2.86. The Kier molecular flexibility index (Phi) is 11.8. The van der Waals surface area contributed by atoms with Crippen LogP contribution in [-0.2, 0) is 25.5 Å². The molecule has 0 aliphatic carbocycles. The maximum Gasteiger partial charge on any atom is 0.311 e. The number of aliphatic hydroxyl groups is 1. The van der Waals surface area contributed by atoms with E-state index in [1.165, 1.54) is 17.0 Å². The number of carbonyl (C=O) groups excluding carboxylic acids is 3. The molecule has 0 saturated heterocycles. The van der Waals surface area contributed by atoms with Crippen molar-refractivity contribution in [1.82, 2.24) is 5.32 Å². The molecule has 0 saturated carbocycles. The molecule has 1 heterocycles. The van der Waals surface area contributed by atoms with Crippen molar-refractivity contribution in [3.05, 3.63) is 33.9 Å². The Bertz CT molecular complexity index is 1030.